The molecule has 0 aliphatic carbocycles. The van der Waals surface area contributed by atoms with Crippen molar-refractivity contribution in [2.24, 2.45) is 17.8 Å². The van der Waals surface area contributed by atoms with Crippen molar-refractivity contribution in [3.63, 3.8) is 0 Å². The first-order valence-corrected chi connectivity index (χ1v) is 25.6. The van der Waals surface area contributed by atoms with Gasteiger partial charge in [0.1, 0.15) is 13.2 Å². The molecule has 0 aliphatic rings. The molecule has 0 aromatic carbocycles. The Morgan fingerprint density at radius 3 is 0.741 bits per heavy atom. The second kappa shape index (κ2) is 43.5. The lowest BCUT2D eigenvalue weighted by molar-refractivity contribution is -0.167. The van der Waals surface area contributed by atoms with Gasteiger partial charge < -0.3 is 14.2 Å². The van der Waals surface area contributed by atoms with Crippen molar-refractivity contribution in [1.82, 2.24) is 0 Å². The molecule has 344 valence electrons. The highest BCUT2D eigenvalue weighted by atomic mass is 16.6. The van der Waals surface area contributed by atoms with Crippen LogP contribution in [0.5, 0.6) is 0 Å². The van der Waals surface area contributed by atoms with Crippen molar-refractivity contribution < 1.29 is 28.6 Å². The van der Waals surface area contributed by atoms with E-state index >= 15 is 0 Å². The molecule has 0 fully saturated rings. The maximum absolute atomic E-state index is 12.8. The summed E-state index contributed by atoms with van der Waals surface area (Å²) in [6.07, 6.45) is 42.5. The summed E-state index contributed by atoms with van der Waals surface area (Å²) >= 11 is 0. The molecule has 0 aliphatic heterocycles. The van der Waals surface area contributed by atoms with Gasteiger partial charge in [0.25, 0.3) is 0 Å². The van der Waals surface area contributed by atoms with Crippen LogP contribution in [-0.2, 0) is 28.6 Å². The average Bonchev–Trinajstić information content (AvgIpc) is 3.18. The molecular formula is C52H100O6. The summed E-state index contributed by atoms with van der Waals surface area (Å²) in [6.45, 7) is 13.7. The Balaban J connectivity index is 4.26. The van der Waals surface area contributed by atoms with Gasteiger partial charge in [-0.3, -0.25) is 14.4 Å². The van der Waals surface area contributed by atoms with Gasteiger partial charge in [-0.2, -0.15) is 0 Å². The predicted octanol–water partition coefficient (Wildman–Crippen LogP) is 16.4. The first-order chi connectivity index (χ1) is 28.1. The van der Waals surface area contributed by atoms with Gasteiger partial charge in [0, 0.05) is 19.3 Å². The van der Waals surface area contributed by atoms with Gasteiger partial charge in [-0.25, -0.2) is 0 Å². The third kappa shape index (κ3) is 45.5. The molecule has 0 spiro atoms. The monoisotopic (exact) mass is 821 g/mol. The number of unbranched alkanes of at least 4 members (excludes halogenated alkanes) is 28. The zero-order valence-electron chi connectivity index (χ0n) is 39.8. The highest BCUT2D eigenvalue weighted by molar-refractivity contribution is 5.71. The average molecular weight is 821 g/mol. The highest BCUT2D eigenvalue weighted by Gasteiger charge is 2.19. The van der Waals surface area contributed by atoms with Crippen molar-refractivity contribution in [3.05, 3.63) is 0 Å². The van der Waals surface area contributed by atoms with Crippen LogP contribution in [0.25, 0.3) is 0 Å². The quantitative estimate of drug-likeness (QED) is 0.0346. The van der Waals surface area contributed by atoms with Gasteiger partial charge in [-0.05, 0) is 37.0 Å². The summed E-state index contributed by atoms with van der Waals surface area (Å²) in [6, 6.07) is 0. The molecule has 6 heteroatoms. The minimum absolute atomic E-state index is 0.0654. The molecule has 1 atom stereocenters. The van der Waals surface area contributed by atoms with Crippen LogP contribution < -0.4 is 0 Å². The number of carbonyl (C=O) groups is 3. The van der Waals surface area contributed by atoms with Crippen molar-refractivity contribution in [1.29, 1.82) is 0 Å². The predicted molar refractivity (Wildman–Crippen MR) is 247 cm³/mol. The summed E-state index contributed by atoms with van der Waals surface area (Å²) in [5.74, 6) is 1.58. The van der Waals surface area contributed by atoms with Crippen molar-refractivity contribution >= 4 is 17.9 Å². The molecule has 0 unspecified atom stereocenters. The van der Waals surface area contributed by atoms with Crippen molar-refractivity contribution in [2.45, 2.75) is 285 Å². The Kier molecular flexibility index (Phi) is 42.3. The van der Waals surface area contributed by atoms with Crippen LogP contribution in [0.2, 0.25) is 0 Å². The number of carbonyl (C=O) groups excluding carboxylic acids is 3. The smallest absolute Gasteiger partial charge is 0.306 e. The summed E-state index contributed by atoms with van der Waals surface area (Å²) in [7, 11) is 0. The molecule has 0 radical (unpaired) electrons. The summed E-state index contributed by atoms with van der Waals surface area (Å²) in [5.41, 5.74) is 0. The van der Waals surface area contributed by atoms with Crippen LogP contribution in [0.3, 0.4) is 0 Å². The normalized spacial score (nSPS) is 12.2. The summed E-state index contributed by atoms with van der Waals surface area (Å²) in [4.78, 5) is 37.9. The third-order valence-corrected chi connectivity index (χ3v) is 11.6. The summed E-state index contributed by atoms with van der Waals surface area (Å²) in [5, 5.41) is 0. The van der Waals surface area contributed by atoms with E-state index in [4.69, 9.17) is 14.2 Å². The molecule has 0 bridgehead atoms. The first kappa shape index (κ1) is 56.4. The number of hydrogen-bond donors (Lipinski definition) is 0. The van der Waals surface area contributed by atoms with Crippen LogP contribution >= 0.6 is 0 Å². The van der Waals surface area contributed by atoms with E-state index in [9.17, 15) is 14.4 Å². The number of ether oxygens (including phenoxy) is 3. The zero-order valence-corrected chi connectivity index (χ0v) is 39.8. The summed E-state index contributed by atoms with van der Waals surface area (Å²) < 4.78 is 16.8. The lowest BCUT2D eigenvalue weighted by Crippen LogP contribution is -2.30. The Morgan fingerprint density at radius 2 is 0.500 bits per heavy atom. The fourth-order valence-electron chi connectivity index (χ4n) is 7.76. The van der Waals surface area contributed by atoms with E-state index in [1.54, 1.807) is 0 Å². The maximum atomic E-state index is 12.8. The van der Waals surface area contributed by atoms with E-state index in [-0.39, 0.29) is 31.1 Å². The van der Waals surface area contributed by atoms with E-state index in [1.165, 1.54) is 161 Å². The molecule has 0 aromatic heterocycles. The van der Waals surface area contributed by atoms with Crippen LogP contribution in [0, 0.1) is 17.8 Å². The van der Waals surface area contributed by atoms with Crippen LogP contribution in [0.4, 0.5) is 0 Å². The Hall–Kier alpha value is -1.59. The molecular weight excluding hydrogens is 721 g/mol. The molecule has 0 saturated carbocycles. The lowest BCUT2D eigenvalue weighted by atomic mass is 10.0. The van der Waals surface area contributed by atoms with Gasteiger partial charge in [0.05, 0.1) is 0 Å². The van der Waals surface area contributed by atoms with Crippen LogP contribution in [0.15, 0.2) is 0 Å². The maximum Gasteiger partial charge on any atom is 0.306 e. The topological polar surface area (TPSA) is 78.9 Å². The van der Waals surface area contributed by atoms with E-state index in [0.29, 0.717) is 19.3 Å². The first-order valence-electron chi connectivity index (χ1n) is 25.6. The SMILES string of the molecule is CC(C)CCCCCCCCCCCCCCCCC(=O)OC[C@H](COC(=O)CCCCCCCCC(C)C)OC(=O)CCCCCCCCCCCCCC(C)C. The number of esters is 3. The fourth-order valence-corrected chi connectivity index (χ4v) is 7.76. The van der Waals surface area contributed by atoms with Crippen molar-refractivity contribution in [2.75, 3.05) is 13.2 Å². The molecule has 0 saturated heterocycles. The van der Waals surface area contributed by atoms with E-state index in [2.05, 4.69) is 41.5 Å². The Morgan fingerprint density at radius 1 is 0.293 bits per heavy atom. The molecule has 0 aromatic rings. The molecule has 58 heavy (non-hydrogen) atoms. The highest BCUT2D eigenvalue weighted by Crippen LogP contribution is 2.17. The van der Waals surface area contributed by atoms with Gasteiger partial charge in [0.15, 0.2) is 6.10 Å². The van der Waals surface area contributed by atoms with E-state index in [1.807, 2.05) is 0 Å². The zero-order chi connectivity index (χ0) is 42.7. The van der Waals surface area contributed by atoms with E-state index in [0.717, 1.165) is 75.5 Å². The number of rotatable bonds is 45. The van der Waals surface area contributed by atoms with Gasteiger partial charge in [-0.1, -0.05) is 241 Å². The second-order valence-electron chi connectivity index (χ2n) is 19.2. The van der Waals surface area contributed by atoms with Gasteiger partial charge >= 0.3 is 17.9 Å². The molecule has 0 amide bonds. The lowest BCUT2D eigenvalue weighted by Gasteiger charge is -2.18. The number of hydrogen-bond acceptors (Lipinski definition) is 6. The van der Waals surface area contributed by atoms with E-state index < -0.39 is 6.10 Å². The van der Waals surface area contributed by atoms with Crippen molar-refractivity contribution in [3.8, 4) is 0 Å². The van der Waals surface area contributed by atoms with Gasteiger partial charge in [0.2, 0.25) is 0 Å². The molecule has 0 N–H and O–H groups in total. The Labute approximate surface area is 361 Å². The second-order valence-corrected chi connectivity index (χ2v) is 19.2. The third-order valence-electron chi connectivity index (χ3n) is 11.6. The van der Waals surface area contributed by atoms with Crippen LogP contribution in [-0.4, -0.2) is 37.2 Å². The standard InChI is InChI=1S/C52H100O6/c1-46(2)38-32-26-20-16-12-9-7-8-10-14-18-22-29-35-41-50(53)56-44-49(45-57-51(54)42-36-30-25-24-28-34-40-48(5)6)58-52(55)43-37-31-23-19-15-11-13-17-21-27-33-39-47(3)4/h46-49H,7-45H2,1-6H3/t49-/m1/s1. The fraction of sp³-hybridized carbons (Fsp3) is 0.942. The van der Waals surface area contributed by atoms with Gasteiger partial charge in [-0.15, -0.1) is 0 Å². The minimum Gasteiger partial charge on any atom is -0.462 e. The molecule has 0 heterocycles. The molecule has 6 nitrogen and oxygen atoms in total. The van der Waals surface area contributed by atoms with Crippen LogP contribution in [0.1, 0.15) is 279 Å². The minimum atomic E-state index is -0.763. The molecule has 0 rings (SSSR count). The Bertz CT molecular complexity index is 898. The largest absolute Gasteiger partial charge is 0.462 e.